The topological polar surface area (TPSA) is 57.0 Å². The summed E-state index contributed by atoms with van der Waals surface area (Å²) in [6, 6.07) is 0. The van der Waals surface area contributed by atoms with Gasteiger partial charge in [-0.3, -0.25) is 4.79 Å². The van der Waals surface area contributed by atoms with Crippen molar-refractivity contribution >= 4 is 17.3 Å². The van der Waals surface area contributed by atoms with Crippen LogP contribution in [0.1, 0.15) is 23.9 Å². The maximum absolute atomic E-state index is 11.5. The molecule has 0 aliphatic carbocycles. The second-order valence-corrected chi connectivity index (χ2v) is 4.73. The van der Waals surface area contributed by atoms with Gasteiger partial charge in [0.25, 0.3) is 0 Å². The van der Waals surface area contributed by atoms with Gasteiger partial charge in [0.2, 0.25) is 5.13 Å². The minimum atomic E-state index is -0.220. The molecule has 0 atom stereocenters. The molecule has 0 saturated carbocycles. The van der Waals surface area contributed by atoms with Crippen LogP contribution in [0, 0.1) is 13.8 Å². The summed E-state index contributed by atoms with van der Waals surface area (Å²) in [6.45, 7) is 6.04. The van der Waals surface area contributed by atoms with Crippen LogP contribution in [0.2, 0.25) is 0 Å². The quantitative estimate of drug-likeness (QED) is 0.794. The third kappa shape index (κ3) is 2.43. The second-order valence-electron chi connectivity index (χ2n) is 3.86. The van der Waals surface area contributed by atoms with Crippen molar-refractivity contribution in [2.24, 2.45) is 0 Å². The van der Waals surface area contributed by atoms with Gasteiger partial charge in [0.15, 0.2) is 0 Å². The predicted octanol–water partition coefficient (Wildman–Crippen LogP) is 2.05. The highest BCUT2D eigenvalue weighted by Crippen LogP contribution is 2.19. The predicted molar refractivity (Wildman–Crippen MR) is 69.0 cm³/mol. The molecule has 0 bridgehead atoms. The van der Waals surface area contributed by atoms with Gasteiger partial charge in [-0.25, -0.2) is 9.67 Å². The van der Waals surface area contributed by atoms with E-state index < -0.39 is 0 Å². The summed E-state index contributed by atoms with van der Waals surface area (Å²) < 4.78 is 6.74. The van der Waals surface area contributed by atoms with Crippen LogP contribution in [0.3, 0.4) is 0 Å². The molecular formula is C12H15N3O2S. The zero-order chi connectivity index (χ0) is 13.1. The number of nitrogens with zero attached hydrogens (tertiary/aromatic N) is 3. The molecule has 0 aliphatic rings. The molecule has 2 aromatic heterocycles. The van der Waals surface area contributed by atoms with E-state index in [9.17, 15) is 4.79 Å². The van der Waals surface area contributed by atoms with E-state index in [1.807, 2.05) is 19.2 Å². The number of hydrogen-bond acceptors (Lipinski definition) is 5. The molecule has 0 radical (unpaired) electrons. The lowest BCUT2D eigenvalue weighted by atomic mass is 10.1. The fraction of sp³-hybridized carbons (Fsp3) is 0.417. The molecule has 2 aromatic rings. The van der Waals surface area contributed by atoms with Crippen LogP contribution in [-0.2, 0) is 16.0 Å². The SMILES string of the molecule is CCOC(=O)Cc1c(C)nn(-c2nccs2)c1C. The lowest BCUT2D eigenvalue weighted by Crippen LogP contribution is -2.09. The third-order valence-electron chi connectivity index (χ3n) is 2.67. The number of aryl methyl sites for hydroxylation is 1. The molecule has 0 saturated heterocycles. The van der Waals surface area contributed by atoms with Gasteiger partial charge in [-0.1, -0.05) is 0 Å². The number of aromatic nitrogens is 3. The average Bonchev–Trinajstić information content (AvgIpc) is 2.93. The molecule has 2 rings (SSSR count). The largest absolute Gasteiger partial charge is 0.466 e. The molecule has 96 valence electrons. The Morgan fingerprint density at radius 1 is 1.50 bits per heavy atom. The first-order valence-corrected chi connectivity index (χ1v) is 6.62. The molecule has 0 aromatic carbocycles. The number of carbonyl (C=O) groups is 1. The summed E-state index contributed by atoms with van der Waals surface area (Å²) in [4.78, 5) is 15.8. The summed E-state index contributed by atoms with van der Waals surface area (Å²) >= 11 is 1.51. The fourth-order valence-corrected chi connectivity index (χ4v) is 2.44. The number of ether oxygens (including phenoxy) is 1. The molecule has 0 amide bonds. The lowest BCUT2D eigenvalue weighted by molar-refractivity contribution is -0.142. The standard InChI is InChI=1S/C12H15N3O2S/c1-4-17-11(16)7-10-8(2)14-15(9(10)3)12-13-5-6-18-12/h5-6H,4,7H2,1-3H3. The first-order chi connectivity index (χ1) is 8.63. The van der Waals surface area contributed by atoms with Gasteiger partial charge >= 0.3 is 5.97 Å². The van der Waals surface area contributed by atoms with Crippen molar-refractivity contribution in [1.82, 2.24) is 14.8 Å². The van der Waals surface area contributed by atoms with Gasteiger partial charge in [0.1, 0.15) is 0 Å². The molecule has 0 N–H and O–H groups in total. The Labute approximate surface area is 109 Å². The highest BCUT2D eigenvalue weighted by atomic mass is 32.1. The molecule has 0 aliphatic heterocycles. The minimum Gasteiger partial charge on any atom is -0.466 e. The molecule has 0 spiro atoms. The monoisotopic (exact) mass is 265 g/mol. The maximum atomic E-state index is 11.5. The number of esters is 1. The molecule has 6 heteroatoms. The highest BCUT2D eigenvalue weighted by molar-refractivity contribution is 7.12. The molecule has 5 nitrogen and oxygen atoms in total. The van der Waals surface area contributed by atoms with Crippen LogP contribution in [0.15, 0.2) is 11.6 Å². The number of hydrogen-bond donors (Lipinski definition) is 0. The first kappa shape index (κ1) is 12.8. The van der Waals surface area contributed by atoms with E-state index in [1.54, 1.807) is 17.8 Å². The zero-order valence-corrected chi connectivity index (χ0v) is 11.5. The van der Waals surface area contributed by atoms with Crippen LogP contribution in [0.5, 0.6) is 0 Å². The van der Waals surface area contributed by atoms with Gasteiger partial charge < -0.3 is 4.74 Å². The smallest absolute Gasteiger partial charge is 0.310 e. The molecule has 18 heavy (non-hydrogen) atoms. The zero-order valence-electron chi connectivity index (χ0n) is 10.6. The molecular weight excluding hydrogens is 250 g/mol. The summed E-state index contributed by atoms with van der Waals surface area (Å²) in [5.41, 5.74) is 2.70. The van der Waals surface area contributed by atoms with Gasteiger partial charge in [-0.05, 0) is 20.8 Å². The van der Waals surface area contributed by atoms with Crippen molar-refractivity contribution in [1.29, 1.82) is 0 Å². The van der Waals surface area contributed by atoms with E-state index in [1.165, 1.54) is 11.3 Å². The van der Waals surface area contributed by atoms with Gasteiger partial charge in [0.05, 0.1) is 18.7 Å². The second kappa shape index (κ2) is 5.30. The van der Waals surface area contributed by atoms with E-state index >= 15 is 0 Å². The van der Waals surface area contributed by atoms with Crippen LogP contribution >= 0.6 is 11.3 Å². The van der Waals surface area contributed by atoms with E-state index in [4.69, 9.17) is 4.74 Å². The Bertz CT molecular complexity index is 546. The molecule has 2 heterocycles. The summed E-state index contributed by atoms with van der Waals surface area (Å²) in [7, 11) is 0. The summed E-state index contributed by atoms with van der Waals surface area (Å²) in [6.07, 6.45) is 2.00. The van der Waals surface area contributed by atoms with Gasteiger partial charge in [0, 0.05) is 22.8 Å². The van der Waals surface area contributed by atoms with Crippen molar-refractivity contribution in [2.75, 3.05) is 6.61 Å². The van der Waals surface area contributed by atoms with E-state index in [-0.39, 0.29) is 12.4 Å². The minimum absolute atomic E-state index is 0.220. The van der Waals surface area contributed by atoms with Crippen LogP contribution in [0.4, 0.5) is 0 Å². The third-order valence-corrected chi connectivity index (χ3v) is 3.42. The van der Waals surface area contributed by atoms with Crippen molar-refractivity contribution in [3.63, 3.8) is 0 Å². The van der Waals surface area contributed by atoms with Gasteiger partial charge in [-0.2, -0.15) is 5.10 Å². The van der Waals surface area contributed by atoms with Crippen molar-refractivity contribution in [3.05, 3.63) is 28.5 Å². The average molecular weight is 265 g/mol. The fourth-order valence-electron chi connectivity index (χ4n) is 1.79. The summed E-state index contributed by atoms with van der Waals surface area (Å²) in [5, 5.41) is 7.13. The normalized spacial score (nSPS) is 10.6. The van der Waals surface area contributed by atoms with Crippen LogP contribution in [0.25, 0.3) is 5.13 Å². The van der Waals surface area contributed by atoms with Crippen molar-refractivity contribution in [3.8, 4) is 5.13 Å². The lowest BCUT2D eigenvalue weighted by Gasteiger charge is -2.03. The Hall–Kier alpha value is -1.69. The van der Waals surface area contributed by atoms with Gasteiger partial charge in [-0.15, -0.1) is 11.3 Å². The van der Waals surface area contributed by atoms with Crippen molar-refractivity contribution in [2.45, 2.75) is 27.2 Å². The molecule has 0 fully saturated rings. The maximum Gasteiger partial charge on any atom is 0.310 e. The number of carbonyl (C=O) groups excluding carboxylic acids is 1. The Morgan fingerprint density at radius 3 is 2.89 bits per heavy atom. The first-order valence-electron chi connectivity index (χ1n) is 5.74. The van der Waals surface area contributed by atoms with E-state index in [2.05, 4.69) is 10.1 Å². The van der Waals surface area contributed by atoms with Crippen LogP contribution < -0.4 is 0 Å². The van der Waals surface area contributed by atoms with E-state index in [0.717, 1.165) is 22.1 Å². The Kier molecular flexibility index (Phi) is 3.76. The summed E-state index contributed by atoms with van der Waals surface area (Å²) in [5.74, 6) is -0.220. The van der Waals surface area contributed by atoms with E-state index in [0.29, 0.717) is 6.61 Å². The Morgan fingerprint density at radius 2 is 2.28 bits per heavy atom. The number of thiazole rings is 1. The van der Waals surface area contributed by atoms with Crippen molar-refractivity contribution < 1.29 is 9.53 Å². The number of rotatable bonds is 4. The Balaban J connectivity index is 2.30. The molecule has 0 unspecified atom stereocenters. The van der Waals surface area contributed by atoms with Crippen LogP contribution in [-0.4, -0.2) is 27.3 Å². The highest BCUT2D eigenvalue weighted by Gasteiger charge is 2.17.